The van der Waals surface area contributed by atoms with Crippen molar-refractivity contribution in [2.75, 3.05) is 24.5 Å². The first kappa shape index (κ1) is 10.5. The van der Waals surface area contributed by atoms with E-state index in [4.69, 9.17) is 5.26 Å². The van der Waals surface area contributed by atoms with Crippen LogP contribution in [-0.2, 0) is 0 Å². The molecule has 1 N–H and O–H groups in total. The molecule has 3 atom stereocenters. The van der Waals surface area contributed by atoms with Gasteiger partial charge in [-0.3, -0.25) is 0 Å². The minimum Gasteiger partial charge on any atom is -0.352 e. The molecule has 0 radical (unpaired) electrons. The molecular weight excluding hydrogens is 212 g/mol. The van der Waals surface area contributed by atoms with Gasteiger partial charge >= 0.3 is 0 Å². The van der Waals surface area contributed by atoms with E-state index < -0.39 is 0 Å². The number of hydrogen-bond acceptors (Lipinski definition) is 4. The number of nitrogens with one attached hydrogen (secondary N) is 1. The Balaban J connectivity index is 1.93. The van der Waals surface area contributed by atoms with Crippen molar-refractivity contribution in [1.82, 2.24) is 10.3 Å². The maximum absolute atomic E-state index is 9.14. The maximum Gasteiger partial charge on any atom is 0.146 e. The molecule has 3 unspecified atom stereocenters. The topological polar surface area (TPSA) is 52.0 Å². The zero-order valence-electron chi connectivity index (χ0n) is 9.93. The van der Waals surface area contributed by atoms with Gasteiger partial charge in [-0.1, -0.05) is 0 Å². The summed E-state index contributed by atoms with van der Waals surface area (Å²) in [7, 11) is 0. The highest BCUT2D eigenvalue weighted by Gasteiger charge is 2.42. The van der Waals surface area contributed by atoms with Gasteiger partial charge in [0.2, 0.25) is 0 Å². The molecule has 1 aromatic heterocycles. The summed E-state index contributed by atoms with van der Waals surface area (Å²) >= 11 is 0. The lowest BCUT2D eigenvalue weighted by atomic mass is 9.95. The highest BCUT2D eigenvalue weighted by atomic mass is 15.3. The summed E-state index contributed by atoms with van der Waals surface area (Å²) in [6, 6.07) is 6.38. The molecule has 1 aromatic rings. The largest absolute Gasteiger partial charge is 0.352 e. The van der Waals surface area contributed by atoms with Crippen LogP contribution in [-0.4, -0.2) is 30.7 Å². The second-order valence-corrected chi connectivity index (χ2v) is 4.96. The number of pyridine rings is 1. The van der Waals surface area contributed by atoms with Crippen LogP contribution in [0.3, 0.4) is 0 Å². The van der Waals surface area contributed by atoms with Crippen molar-refractivity contribution in [2.45, 2.75) is 13.0 Å². The van der Waals surface area contributed by atoms with Crippen molar-refractivity contribution < 1.29 is 0 Å². The molecule has 2 fully saturated rings. The molecule has 2 aliphatic rings. The highest BCUT2D eigenvalue weighted by Crippen LogP contribution is 2.35. The second kappa shape index (κ2) is 4.01. The van der Waals surface area contributed by atoms with Gasteiger partial charge in [-0.15, -0.1) is 0 Å². The molecule has 0 bridgehead atoms. The number of rotatable bonds is 1. The fourth-order valence-corrected chi connectivity index (χ4v) is 3.16. The van der Waals surface area contributed by atoms with Crippen LogP contribution in [0.25, 0.3) is 0 Å². The zero-order chi connectivity index (χ0) is 11.8. The molecular formula is C13H16N4. The highest BCUT2D eigenvalue weighted by molar-refractivity contribution is 5.55. The average Bonchev–Trinajstić information content (AvgIpc) is 2.93. The van der Waals surface area contributed by atoms with Crippen LogP contribution < -0.4 is 10.2 Å². The fraction of sp³-hybridized carbons (Fsp3) is 0.538. The van der Waals surface area contributed by atoms with Crippen molar-refractivity contribution in [2.24, 2.45) is 11.8 Å². The minimum absolute atomic E-state index is 0.469. The molecule has 0 amide bonds. The first-order valence-electron chi connectivity index (χ1n) is 6.13. The Kier molecular flexibility index (Phi) is 2.49. The number of fused-ring (bicyclic) bond motifs is 1. The summed E-state index contributed by atoms with van der Waals surface area (Å²) in [5, 5.41) is 12.6. The van der Waals surface area contributed by atoms with E-state index in [9.17, 15) is 0 Å². The Bertz CT molecular complexity index is 465. The summed E-state index contributed by atoms with van der Waals surface area (Å²) in [5.41, 5.74) is 0.687. The van der Waals surface area contributed by atoms with Crippen molar-refractivity contribution in [3.05, 3.63) is 23.9 Å². The molecule has 4 heteroatoms. The summed E-state index contributed by atoms with van der Waals surface area (Å²) < 4.78 is 0. The Morgan fingerprint density at radius 2 is 2.41 bits per heavy atom. The molecule has 0 aromatic carbocycles. The molecule has 3 rings (SSSR count). The number of hydrogen-bond donors (Lipinski definition) is 1. The van der Waals surface area contributed by atoms with Crippen molar-refractivity contribution in [3.8, 4) is 6.07 Å². The van der Waals surface area contributed by atoms with Crippen LogP contribution in [0.5, 0.6) is 0 Å². The molecule has 0 aliphatic carbocycles. The first-order chi connectivity index (χ1) is 8.31. The molecule has 17 heavy (non-hydrogen) atoms. The molecule has 3 heterocycles. The van der Waals surface area contributed by atoms with E-state index >= 15 is 0 Å². The fourth-order valence-electron chi connectivity index (χ4n) is 3.16. The van der Waals surface area contributed by atoms with E-state index in [1.165, 1.54) is 0 Å². The molecule has 2 aliphatic heterocycles. The SMILES string of the molecule is CC1C2CNCC2CN1c1ncccc1C#N. The normalized spacial score (nSPS) is 31.3. The number of aromatic nitrogens is 1. The standard InChI is InChI=1S/C13H16N4/c1-9-12-7-15-6-11(12)8-17(9)13-10(5-14)3-2-4-16-13/h2-4,9,11-12,15H,6-8H2,1H3. The van der Waals surface area contributed by atoms with Gasteiger partial charge in [0.25, 0.3) is 0 Å². The Morgan fingerprint density at radius 1 is 1.53 bits per heavy atom. The summed E-state index contributed by atoms with van der Waals surface area (Å²) in [6.07, 6.45) is 1.77. The Hall–Kier alpha value is -1.60. The van der Waals surface area contributed by atoms with Gasteiger partial charge in [-0.2, -0.15) is 5.26 Å². The maximum atomic E-state index is 9.14. The average molecular weight is 228 g/mol. The third kappa shape index (κ3) is 1.58. The van der Waals surface area contributed by atoms with Crippen molar-refractivity contribution in [1.29, 1.82) is 5.26 Å². The van der Waals surface area contributed by atoms with Crippen LogP contribution in [0.1, 0.15) is 12.5 Å². The predicted octanol–water partition coefficient (Wildman–Crippen LogP) is 0.997. The molecule has 2 saturated heterocycles. The van der Waals surface area contributed by atoms with Gasteiger partial charge in [0, 0.05) is 31.9 Å². The van der Waals surface area contributed by atoms with E-state index in [1.54, 1.807) is 6.20 Å². The van der Waals surface area contributed by atoms with Crippen LogP contribution in [0.4, 0.5) is 5.82 Å². The summed E-state index contributed by atoms with van der Waals surface area (Å²) in [6.45, 7) is 5.45. The molecule has 88 valence electrons. The van der Waals surface area contributed by atoms with E-state index in [0.29, 0.717) is 23.4 Å². The van der Waals surface area contributed by atoms with E-state index in [2.05, 4.69) is 28.2 Å². The number of nitriles is 1. The lowest BCUT2D eigenvalue weighted by Gasteiger charge is -2.26. The third-order valence-corrected chi connectivity index (χ3v) is 4.11. The summed E-state index contributed by atoms with van der Waals surface area (Å²) in [5.74, 6) is 2.26. The molecule has 4 nitrogen and oxygen atoms in total. The van der Waals surface area contributed by atoms with Gasteiger partial charge in [0.15, 0.2) is 0 Å². The Labute approximate surface area is 101 Å². The number of nitrogens with zero attached hydrogens (tertiary/aromatic N) is 3. The van der Waals surface area contributed by atoms with E-state index in [-0.39, 0.29) is 0 Å². The predicted molar refractivity (Wildman–Crippen MR) is 65.6 cm³/mol. The first-order valence-corrected chi connectivity index (χ1v) is 6.13. The van der Waals surface area contributed by atoms with Crippen LogP contribution in [0.2, 0.25) is 0 Å². The van der Waals surface area contributed by atoms with Gasteiger partial charge < -0.3 is 10.2 Å². The van der Waals surface area contributed by atoms with E-state index in [1.807, 2.05) is 12.1 Å². The minimum atomic E-state index is 0.469. The molecule has 0 spiro atoms. The summed E-state index contributed by atoms with van der Waals surface area (Å²) in [4.78, 5) is 6.69. The van der Waals surface area contributed by atoms with Gasteiger partial charge in [0.05, 0.1) is 5.56 Å². The van der Waals surface area contributed by atoms with E-state index in [0.717, 1.165) is 25.5 Å². The van der Waals surface area contributed by atoms with Gasteiger partial charge in [0.1, 0.15) is 11.9 Å². The Morgan fingerprint density at radius 3 is 3.18 bits per heavy atom. The zero-order valence-corrected chi connectivity index (χ0v) is 9.93. The van der Waals surface area contributed by atoms with Crippen LogP contribution in [0.15, 0.2) is 18.3 Å². The van der Waals surface area contributed by atoms with Crippen LogP contribution in [0, 0.1) is 23.2 Å². The quantitative estimate of drug-likeness (QED) is 0.779. The molecule has 0 saturated carbocycles. The van der Waals surface area contributed by atoms with Crippen molar-refractivity contribution in [3.63, 3.8) is 0 Å². The monoisotopic (exact) mass is 228 g/mol. The smallest absolute Gasteiger partial charge is 0.146 e. The second-order valence-electron chi connectivity index (χ2n) is 4.96. The third-order valence-electron chi connectivity index (χ3n) is 4.11. The lowest BCUT2D eigenvalue weighted by molar-refractivity contribution is 0.471. The number of anilines is 1. The van der Waals surface area contributed by atoms with Crippen LogP contribution >= 0.6 is 0 Å². The van der Waals surface area contributed by atoms with Gasteiger partial charge in [-0.05, 0) is 30.9 Å². The lowest BCUT2D eigenvalue weighted by Crippen LogP contribution is -2.34. The van der Waals surface area contributed by atoms with Crippen molar-refractivity contribution >= 4 is 5.82 Å². The van der Waals surface area contributed by atoms with Gasteiger partial charge in [-0.25, -0.2) is 4.98 Å².